The zero-order valence-electron chi connectivity index (χ0n) is 9.73. The highest BCUT2D eigenvalue weighted by atomic mass is 19.1. The van der Waals surface area contributed by atoms with Gasteiger partial charge >= 0.3 is 0 Å². The van der Waals surface area contributed by atoms with E-state index in [0.717, 1.165) is 17.5 Å². The molecule has 0 saturated carbocycles. The van der Waals surface area contributed by atoms with Crippen molar-refractivity contribution in [2.24, 2.45) is 0 Å². The van der Waals surface area contributed by atoms with Crippen LogP contribution < -0.4 is 5.32 Å². The fraction of sp³-hybridized carbons (Fsp3) is 0.214. The van der Waals surface area contributed by atoms with Gasteiger partial charge in [0.1, 0.15) is 5.82 Å². The highest BCUT2D eigenvalue weighted by molar-refractivity contribution is 5.22. The van der Waals surface area contributed by atoms with Gasteiger partial charge < -0.3 is 5.32 Å². The van der Waals surface area contributed by atoms with Crippen molar-refractivity contribution in [3.63, 3.8) is 0 Å². The van der Waals surface area contributed by atoms with E-state index in [1.807, 2.05) is 37.5 Å². The number of likely N-dealkylation sites (N-methyl/N-ethyl adjacent to an activating group) is 1. The maximum absolute atomic E-state index is 12.9. The molecule has 3 heteroatoms. The number of hydrogen-bond acceptors (Lipinski definition) is 2. The van der Waals surface area contributed by atoms with Gasteiger partial charge in [-0.3, -0.25) is 4.98 Å². The van der Waals surface area contributed by atoms with Gasteiger partial charge in [0.05, 0.1) is 0 Å². The summed E-state index contributed by atoms with van der Waals surface area (Å²) in [5.74, 6) is -0.204. The van der Waals surface area contributed by atoms with E-state index in [1.54, 1.807) is 6.20 Å². The molecule has 2 aromatic rings. The Balaban J connectivity index is 2.14. The maximum atomic E-state index is 12.9. The lowest BCUT2D eigenvalue weighted by Gasteiger charge is -2.16. The van der Waals surface area contributed by atoms with E-state index in [2.05, 4.69) is 10.3 Å². The third-order valence-corrected chi connectivity index (χ3v) is 2.78. The second kappa shape index (κ2) is 5.55. The van der Waals surface area contributed by atoms with Gasteiger partial charge in [0.2, 0.25) is 0 Å². The second-order valence-corrected chi connectivity index (χ2v) is 3.96. The summed E-state index contributed by atoms with van der Waals surface area (Å²) in [6.07, 6.45) is 4.46. The van der Waals surface area contributed by atoms with Gasteiger partial charge in [0.15, 0.2) is 0 Å². The SMILES string of the molecule is CNC(Cc1cccnc1)c1ccc(F)cc1. The van der Waals surface area contributed by atoms with Gasteiger partial charge in [-0.1, -0.05) is 18.2 Å². The zero-order valence-corrected chi connectivity index (χ0v) is 9.73. The molecule has 1 unspecified atom stereocenters. The number of benzene rings is 1. The summed E-state index contributed by atoms with van der Waals surface area (Å²) in [6, 6.07) is 10.7. The van der Waals surface area contributed by atoms with E-state index >= 15 is 0 Å². The molecular weight excluding hydrogens is 215 g/mol. The van der Waals surface area contributed by atoms with Crippen molar-refractivity contribution in [1.82, 2.24) is 10.3 Å². The lowest BCUT2D eigenvalue weighted by molar-refractivity contribution is 0.585. The average Bonchev–Trinajstić information content (AvgIpc) is 2.38. The number of halogens is 1. The molecular formula is C14H15FN2. The molecule has 0 spiro atoms. The molecule has 0 saturated heterocycles. The lowest BCUT2D eigenvalue weighted by Crippen LogP contribution is -2.18. The molecule has 0 bridgehead atoms. The quantitative estimate of drug-likeness (QED) is 0.873. The Bertz CT molecular complexity index is 453. The van der Waals surface area contributed by atoms with Crippen molar-refractivity contribution in [2.75, 3.05) is 7.05 Å². The number of pyridine rings is 1. The van der Waals surface area contributed by atoms with E-state index in [1.165, 1.54) is 12.1 Å². The topological polar surface area (TPSA) is 24.9 Å². The first-order valence-corrected chi connectivity index (χ1v) is 5.61. The van der Waals surface area contributed by atoms with Crippen molar-refractivity contribution in [1.29, 1.82) is 0 Å². The third kappa shape index (κ3) is 3.11. The fourth-order valence-electron chi connectivity index (χ4n) is 1.84. The standard InChI is InChI=1S/C14H15FN2/c1-16-14(9-11-3-2-8-17-10-11)12-4-6-13(15)7-5-12/h2-8,10,14,16H,9H2,1H3. The highest BCUT2D eigenvalue weighted by Crippen LogP contribution is 2.17. The Labute approximate surface area is 101 Å². The number of aromatic nitrogens is 1. The molecule has 1 aromatic heterocycles. The molecule has 1 atom stereocenters. The minimum absolute atomic E-state index is 0.180. The molecule has 0 aliphatic carbocycles. The fourth-order valence-corrected chi connectivity index (χ4v) is 1.84. The molecule has 0 fully saturated rings. The van der Waals surface area contributed by atoms with Gasteiger partial charge in [-0.2, -0.15) is 0 Å². The Hall–Kier alpha value is -1.74. The van der Waals surface area contributed by atoms with Crippen LogP contribution in [0.1, 0.15) is 17.2 Å². The summed E-state index contributed by atoms with van der Waals surface area (Å²) in [4.78, 5) is 4.09. The number of nitrogens with zero attached hydrogens (tertiary/aromatic N) is 1. The summed E-state index contributed by atoms with van der Waals surface area (Å²) < 4.78 is 12.9. The van der Waals surface area contributed by atoms with Crippen LogP contribution in [0, 0.1) is 5.82 Å². The first kappa shape index (κ1) is 11.7. The van der Waals surface area contributed by atoms with Crippen LogP contribution >= 0.6 is 0 Å². The molecule has 2 rings (SSSR count). The Morgan fingerprint density at radius 1 is 1.24 bits per heavy atom. The minimum Gasteiger partial charge on any atom is -0.313 e. The molecule has 0 aliphatic rings. The third-order valence-electron chi connectivity index (χ3n) is 2.78. The Morgan fingerprint density at radius 2 is 2.00 bits per heavy atom. The predicted molar refractivity (Wildman–Crippen MR) is 66.1 cm³/mol. The summed E-state index contributed by atoms with van der Waals surface area (Å²) in [7, 11) is 1.91. The molecule has 1 heterocycles. The van der Waals surface area contributed by atoms with Crippen LogP contribution in [0.25, 0.3) is 0 Å². The molecule has 17 heavy (non-hydrogen) atoms. The first-order chi connectivity index (χ1) is 8.29. The summed E-state index contributed by atoms with van der Waals surface area (Å²) in [5.41, 5.74) is 2.24. The molecule has 0 amide bonds. The van der Waals surface area contributed by atoms with E-state index in [-0.39, 0.29) is 11.9 Å². The zero-order chi connectivity index (χ0) is 12.1. The first-order valence-electron chi connectivity index (χ1n) is 5.61. The summed E-state index contributed by atoms with van der Waals surface area (Å²) >= 11 is 0. The molecule has 0 radical (unpaired) electrons. The van der Waals surface area contributed by atoms with Crippen LogP contribution in [0.5, 0.6) is 0 Å². The van der Waals surface area contributed by atoms with Crippen LogP contribution in [0.15, 0.2) is 48.8 Å². The van der Waals surface area contributed by atoms with Gasteiger partial charge in [-0.15, -0.1) is 0 Å². The van der Waals surface area contributed by atoms with Crippen LogP contribution in [-0.4, -0.2) is 12.0 Å². The normalized spacial score (nSPS) is 12.4. The number of nitrogens with one attached hydrogen (secondary N) is 1. The molecule has 2 nitrogen and oxygen atoms in total. The van der Waals surface area contributed by atoms with E-state index in [0.29, 0.717) is 0 Å². The molecule has 0 aliphatic heterocycles. The smallest absolute Gasteiger partial charge is 0.123 e. The van der Waals surface area contributed by atoms with Crippen molar-refractivity contribution < 1.29 is 4.39 Å². The highest BCUT2D eigenvalue weighted by Gasteiger charge is 2.09. The van der Waals surface area contributed by atoms with Crippen molar-refractivity contribution in [3.8, 4) is 0 Å². The lowest BCUT2D eigenvalue weighted by atomic mass is 10.00. The number of rotatable bonds is 4. The molecule has 1 N–H and O–H groups in total. The van der Waals surface area contributed by atoms with Gasteiger partial charge in [-0.25, -0.2) is 4.39 Å². The molecule has 1 aromatic carbocycles. The monoisotopic (exact) mass is 230 g/mol. The van der Waals surface area contributed by atoms with Crippen molar-refractivity contribution in [3.05, 3.63) is 65.7 Å². The second-order valence-electron chi connectivity index (χ2n) is 3.96. The van der Waals surface area contributed by atoms with Crippen LogP contribution in [0.2, 0.25) is 0 Å². The van der Waals surface area contributed by atoms with Crippen molar-refractivity contribution >= 4 is 0 Å². The van der Waals surface area contributed by atoms with Crippen LogP contribution in [-0.2, 0) is 6.42 Å². The van der Waals surface area contributed by atoms with Gasteiger partial charge in [-0.05, 0) is 42.8 Å². The largest absolute Gasteiger partial charge is 0.313 e. The minimum atomic E-state index is -0.204. The number of hydrogen-bond donors (Lipinski definition) is 1. The predicted octanol–water partition coefficient (Wildman–Crippen LogP) is 2.72. The van der Waals surface area contributed by atoms with Gasteiger partial charge in [0, 0.05) is 18.4 Å². The van der Waals surface area contributed by atoms with E-state index < -0.39 is 0 Å². The summed E-state index contributed by atoms with van der Waals surface area (Å²) in [5, 5.41) is 3.24. The summed E-state index contributed by atoms with van der Waals surface area (Å²) in [6.45, 7) is 0. The van der Waals surface area contributed by atoms with Crippen LogP contribution in [0.4, 0.5) is 4.39 Å². The van der Waals surface area contributed by atoms with Gasteiger partial charge in [0.25, 0.3) is 0 Å². The molecule has 88 valence electrons. The van der Waals surface area contributed by atoms with Crippen LogP contribution in [0.3, 0.4) is 0 Å². The van der Waals surface area contributed by atoms with Crippen molar-refractivity contribution in [2.45, 2.75) is 12.5 Å². The average molecular weight is 230 g/mol. The van der Waals surface area contributed by atoms with E-state index in [4.69, 9.17) is 0 Å². The van der Waals surface area contributed by atoms with E-state index in [9.17, 15) is 4.39 Å². The Kier molecular flexibility index (Phi) is 3.83. The Morgan fingerprint density at radius 3 is 2.59 bits per heavy atom. The maximum Gasteiger partial charge on any atom is 0.123 e.